The Morgan fingerprint density at radius 3 is 2.15 bits per heavy atom. The molecular formula is C14H24N2O3S. The molecule has 0 saturated carbocycles. The van der Waals surface area contributed by atoms with Gasteiger partial charge >= 0.3 is 0 Å². The zero-order valence-electron chi connectivity index (χ0n) is 13.0. The number of benzene rings is 1. The van der Waals surface area contributed by atoms with E-state index in [1.54, 1.807) is 19.2 Å². The highest BCUT2D eigenvalue weighted by molar-refractivity contribution is 7.89. The summed E-state index contributed by atoms with van der Waals surface area (Å²) in [6.07, 6.45) is 0. The van der Waals surface area contributed by atoms with Gasteiger partial charge in [-0.05, 0) is 25.1 Å². The Bertz CT molecular complexity index is 539. The molecule has 0 aliphatic rings. The molecule has 1 rings (SSSR count). The molecule has 20 heavy (non-hydrogen) atoms. The molecule has 0 aromatic heterocycles. The van der Waals surface area contributed by atoms with Crippen molar-refractivity contribution in [3.8, 4) is 0 Å². The number of hydrogen-bond donors (Lipinski definition) is 0. The van der Waals surface area contributed by atoms with Gasteiger partial charge in [0.2, 0.25) is 10.0 Å². The number of carbonyl (C=O) groups is 1. The predicted molar refractivity (Wildman–Crippen MR) is 81.3 cm³/mol. The van der Waals surface area contributed by atoms with Gasteiger partial charge in [0, 0.05) is 33.3 Å². The lowest BCUT2D eigenvalue weighted by Crippen LogP contribution is -2.27. The second-order valence-electron chi connectivity index (χ2n) is 4.13. The quantitative estimate of drug-likeness (QED) is 0.855. The summed E-state index contributed by atoms with van der Waals surface area (Å²) in [6.45, 7) is 6.43. The number of amides is 1. The first-order valence-corrected chi connectivity index (χ1v) is 8.02. The number of rotatable bonds is 4. The van der Waals surface area contributed by atoms with Crippen LogP contribution in [0.4, 0.5) is 0 Å². The van der Waals surface area contributed by atoms with E-state index in [-0.39, 0.29) is 10.8 Å². The van der Waals surface area contributed by atoms with Crippen LogP contribution in [0.2, 0.25) is 0 Å². The maximum Gasteiger partial charge on any atom is 0.253 e. The average molecular weight is 300 g/mol. The molecule has 0 bridgehead atoms. The van der Waals surface area contributed by atoms with Crippen LogP contribution in [0.3, 0.4) is 0 Å². The molecule has 114 valence electrons. The Kier molecular flexibility index (Phi) is 7.45. The summed E-state index contributed by atoms with van der Waals surface area (Å²) in [5, 5.41) is 0. The fraction of sp³-hybridized carbons (Fsp3) is 0.500. The van der Waals surface area contributed by atoms with Crippen LogP contribution in [-0.4, -0.2) is 51.2 Å². The van der Waals surface area contributed by atoms with Gasteiger partial charge in [0.25, 0.3) is 5.91 Å². The van der Waals surface area contributed by atoms with Gasteiger partial charge in [0.1, 0.15) is 0 Å². The summed E-state index contributed by atoms with van der Waals surface area (Å²) >= 11 is 0. The third kappa shape index (κ3) is 4.31. The molecular weight excluding hydrogens is 276 g/mol. The maximum absolute atomic E-state index is 11.9. The van der Waals surface area contributed by atoms with Crippen molar-refractivity contribution in [2.45, 2.75) is 25.7 Å². The highest BCUT2D eigenvalue weighted by Crippen LogP contribution is 2.15. The first-order chi connectivity index (χ1) is 9.30. The molecule has 1 aromatic carbocycles. The van der Waals surface area contributed by atoms with E-state index >= 15 is 0 Å². The van der Waals surface area contributed by atoms with E-state index in [2.05, 4.69) is 0 Å². The summed E-state index contributed by atoms with van der Waals surface area (Å²) in [6, 6.07) is 6.08. The van der Waals surface area contributed by atoms with Gasteiger partial charge in [0.15, 0.2) is 0 Å². The standard InChI is InChI=1S/C12H18N2O3S.C2H6/c1-5-14(4)12(15)10-7-6-8-11(9-10)18(16,17)13(2)3;1-2/h6-9H,5H2,1-4H3;1-2H3. The minimum absolute atomic E-state index is 0.128. The third-order valence-electron chi connectivity index (χ3n) is 2.68. The van der Waals surface area contributed by atoms with Crippen LogP contribution in [0.1, 0.15) is 31.1 Å². The summed E-state index contributed by atoms with van der Waals surface area (Å²) in [4.78, 5) is 13.6. The van der Waals surface area contributed by atoms with Gasteiger partial charge in [-0.3, -0.25) is 4.79 Å². The minimum Gasteiger partial charge on any atom is -0.342 e. The molecule has 0 aliphatic heterocycles. The predicted octanol–water partition coefficient (Wildman–Crippen LogP) is 2.06. The van der Waals surface area contributed by atoms with Crippen molar-refractivity contribution in [1.82, 2.24) is 9.21 Å². The Morgan fingerprint density at radius 2 is 1.70 bits per heavy atom. The maximum atomic E-state index is 11.9. The topological polar surface area (TPSA) is 57.7 Å². The van der Waals surface area contributed by atoms with Crippen molar-refractivity contribution in [3.05, 3.63) is 29.8 Å². The van der Waals surface area contributed by atoms with Crippen LogP contribution in [-0.2, 0) is 10.0 Å². The second kappa shape index (κ2) is 8.01. The fourth-order valence-corrected chi connectivity index (χ4v) is 2.31. The van der Waals surface area contributed by atoms with Crippen LogP contribution in [0, 0.1) is 0 Å². The van der Waals surface area contributed by atoms with Crippen molar-refractivity contribution >= 4 is 15.9 Å². The highest BCUT2D eigenvalue weighted by atomic mass is 32.2. The van der Waals surface area contributed by atoms with E-state index in [0.717, 1.165) is 4.31 Å². The molecule has 0 unspecified atom stereocenters. The Morgan fingerprint density at radius 1 is 1.15 bits per heavy atom. The van der Waals surface area contributed by atoms with Crippen molar-refractivity contribution in [1.29, 1.82) is 0 Å². The lowest BCUT2D eigenvalue weighted by Gasteiger charge is -2.16. The molecule has 0 atom stereocenters. The number of hydrogen-bond acceptors (Lipinski definition) is 3. The molecule has 5 nitrogen and oxygen atoms in total. The van der Waals surface area contributed by atoms with E-state index in [1.807, 2.05) is 20.8 Å². The molecule has 0 heterocycles. The Balaban J connectivity index is 0.00000172. The van der Waals surface area contributed by atoms with Crippen LogP contribution >= 0.6 is 0 Å². The molecule has 0 N–H and O–H groups in total. The second-order valence-corrected chi connectivity index (χ2v) is 6.29. The van der Waals surface area contributed by atoms with E-state index in [1.165, 1.54) is 31.1 Å². The lowest BCUT2D eigenvalue weighted by molar-refractivity contribution is 0.0802. The van der Waals surface area contributed by atoms with Gasteiger partial charge in [0.05, 0.1) is 4.90 Å². The van der Waals surface area contributed by atoms with Crippen molar-refractivity contribution < 1.29 is 13.2 Å². The third-order valence-corrected chi connectivity index (χ3v) is 4.49. The normalized spacial score (nSPS) is 10.8. The van der Waals surface area contributed by atoms with E-state index in [9.17, 15) is 13.2 Å². The summed E-state index contributed by atoms with van der Waals surface area (Å²) in [5.41, 5.74) is 0.377. The zero-order valence-corrected chi connectivity index (χ0v) is 13.9. The molecule has 6 heteroatoms. The lowest BCUT2D eigenvalue weighted by atomic mass is 10.2. The van der Waals surface area contributed by atoms with Gasteiger partial charge in [-0.1, -0.05) is 19.9 Å². The first-order valence-electron chi connectivity index (χ1n) is 6.58. The van der Waals surface area contributed by atoms with Crippen molar-refractivity contribution in [2.24, 2.45) is 0 Å². The number of carbonyl (C=O) groups excluding carboxylic acids is 1. The molecule has 0 radical (unpaired) electrons. The van der Waals surface area contributed by atoms with Crippen LogP contribution < -0.4 is 0 Å². The monoisotopic (exact) mass is 300 g/mol. The van der Waals surface area contributed by atoms with Gasteiger partial charge in [-0.25, -0.2) is 12.7 Å². The first kappa shape index (κ1) is 18.6. The van der Waals surface area contributed by atoms with E-state index in [4.69, 9.17) is 0 Å². The largest absolute Gasteiger partial charge is 0.342 e. The van der Waals surface area contributed by atoms with E-state index < -0.39 is 10.0 Å². The molecule has 0 spiro atoms. The summed E-state index contributed by atoms with van der Waals surface area (Å²) < 4.78 is 25.0. The van der Waals surface area contributed by atoms with Gasteiger partial charge in [-0.2, -0.15) is 0 Å². The fourth-order valence-electron chi connectivity index (χ4n) is 1.36. The van der Waals surface area contributed by atoms with Crippen molar-refractivity contribution in [3.63, 3.8) is 0 Å². The van der Waals surface area contributed by atoms with Crippen LogP contribution in [0.15, 0.2) is 29.2 Å². The number of nitrogens with zero attached hydrogens (tertiary/aromatic N) is 2. The van der Waals surface area contributed by atoms with Gasteiger partial charge < -0.3 is 4.90 Å². The smallest absolute Gasteiger partial charge is 0.253 e. The van der Waals surface area contributed by atoms with Crippen molar-refractivity contribution in [2.75, 3.05) is 27.7 Å². The van der Waals surface area contributed by atoms with Crippen LogP contribution in [0.25, 0.3) is 0 Å². The molecule has 0 fully saturated rings. The summed E-state index contributed by atoms with van der Waals surface area (Å²) in [5.74, 6) is -0.187. The SMILES string of the molecule is CC.CCN(C)C(=O)c1cccc(S(=O)(=O)N(C)C)c1. The summed E-state index contributed by atoms with van der Waals surface area (Å²) in [7, 11) is 1.09. The molecule has 1 amide bonds. The molecule has 0 aliphatic carbocycles. The highest BCUT2D eigenvalue weighted by Gasteiger charge is 2.19. The molecule has 0 saturated heterocycles. The molecule has 1 aromatic rings. The Hall–Kier alpha value is -1.40. The van der Waals surface area contributed by atoms with Gasteiger partial charge in [-0.15, -0.1) is 0 Å². The van der Waals surface area contributed by atoms with E-state index in [0.29, 0.717) is 12.1 Å². The minimum atomic E-state index is -3.50. The zero-order chi connectivity index (χ0) is 15.9. The number of sulfonamides is 1. The Labute approximate surface area is 122 Å². The average Bonchev–Trinajstić information content (AvgIpc) is 2.47. The van der Waals surface area contributed by atoms with Crippen LogP contribution in [0.5, 0.6) is 0 Å².